The number of nitrogens with one attached hydrogen (secondary N) is 1. The predicted octanol–water partition coefficient (Wildman–Crippen LogP) is 4.25. The van der Waals surface area contributed by atoms with Crippen LogP contribution in [0.1, 0.15) is 17.2 Å². The number of hydrogen-bond acceptors (Lipinski definition) is 4. The summed E-state index contributed by atoms with van der Waals surface area (Å²) in [5.41, 5.74) is 3.65. The van der Waals surface area contributed by atoms with Gasteiger partial charge in [-0.2, -0.15) is 0 Å². The van der Waals surface area contributed by atoms with E-state index in [-0.39, 0.29) is 0 Å². The van der Waals surface area contributed by atoms with Crippen molar-refractivity contribution in [3.8, 4) is 11.3 Å². The zero-order valence-corrected chi connectivity index (χ0v) is 14.0. The van der Waals surface area contributed by atoms with E-state index in [0.29, 0.717) is 12.4 Å². The quantitative estimate of drug-likeness (QED) is 0.729. The van der Waals surface area contributed by atoms with E-state index in [0.717, 1.165) is 27.4 Å². The van der Waals surface area contributed by atoms with Gasteiger partial charge in [-0.1, -0.05) is 48.0 Å². The summed E-state index contributed by atoms with van der Waals surface area (Å²) in [6.07, 6.45) is 0.915. The average Bonchev–Trinajstić information content (AvgIpc) is 2.63. The van der Waals surface area contributed by atoms with Gasteiger partial charge in [0.25, 0.3) is 0 Å². The minimum absolute atomic E-state index is 0.375. The fraction of sp³-hybridized carbons (Fsp3) is 0.158. The van der Waals surface area contributed by atoms with Gasteiger partial charge in [0.2, 0.25) is 0 Å². The van der Waals surface area contributed by atoms with Crippen LogP contribution in [0.25, 0.3) is 11.3 Å². The van der Waals surface area contributed by atoms with Crippen LogP contribution in [-0.2, 0) is 0 Å². The number of anilines is 1. The number of aryl methyl sites for hydroxylation is 1. The summed E-state index contributed by atoms with van der Waals surface area (Å²) in [7, 11) is 0. The molecular formula is C19H18ClN3O. The van der Waals surface area contributed by atoms with Gasteiger partial charge >= 0.3 is 0 Å². The smallest absolute Gasteiger partial charge is 0.130 e. The first-order valence-electron chi connectivity index (χ1n) is 7.69. The largest absolute Gasteiger partial charge is 0.387 e. The van der Waals surface area contributed by atoms with Gasteiger partial charge in [0.1, 0.15) is 12.1 Å². The Morgan fingerprint density at radius 1 is 1.08 bits per heavy atom. The van der Waals surface area contributed by atoms with Crippen LogP contribution in [0.15, 0.2) is 60.9 Å². The number of aliphatic hydroxyl groups is 1. The van der Waals surface area contributed by atoms with Gasteiger partial charge in [0.15, 0.2) is 0 Å². The molecule has 1 atom stereocenters. The van der Waals surface area contributed by atoms with Crippen LogP contribution in [0.5, 0.6) is 0 Å². The molecule has 5 heteroatoms. The number of hydrogen-bond donors (Lipinski definition) is 2. The van der Waals surface area contributed by atoms with Crippen LogP contribution in [0.2, 0.25) is 5.02 Å². The maximum absolute atomic E-state index is 10.2. The summed E-state index contributed by atoms with van der Waals surface area (Å²) in [6, 6.07) is 17.2. The Balaban J connectivity index is 1.72. The number of halogens is 1. The van der Waals surface area contributed by atoms with E-state index < -0.39 is 6.10 Å². The summed E-state index contributed by atoms with van der Waals surface area (Å²) < 4.78 is 0. The van der Waals surface area contributed by atoms with Crippen molar-refractivity contribution in [1.29, 1.82) is 0 Å². The molecule has 1 heterocycles. The molecule has 0 aliphatic heterocycles. The van der Waals surface area contributed by atoms with Crippen LogP contribution in [-0.4, -0.2) is 21.6 Å². The molecule has 3 rings (SSSR count). The molecule has 0 radical (unpaired) electrons. The summed E-state index contributed by atoms with van der Waals surface area (Å²) in [5.74, 6) is 0.669. The van der Waals surface area contributed by atoms with Gasteiger partial charge in [0.05, 0.1) is 11.8 Å². The highest BCUT2D eigenvalue weighted by molar-refractivity contribution is 6.31. The SMILES string of the molecule is Cc1cc(-c2cc(NC[C@H](O)c3ccccc3)ncn2)ccc1Cl. The highest BCUT2D eigenvalue weighted by Crippen LogP contribution is 2.24. The highest BCUT2D eigenvalue weighted by Gasteiger charge is 2.08. The lowest BCUT2D eigenvalue weighted by Crippen LogP contribution is -2.13. The Hall–Kier alpha value is -2.43. The summed E-state index contributed by atoms with van der Waals surface area (Å²) in [6.45, 7) is 2.34. The molecular weight excluding hydrogens is 322 g/mol. The van der Waals surface area contributed by atoms with Crippen molar-refractivity contribution < 1.29 is 5.11 Å². The van der Waals surface area contributed by atoms with Gasteiger partial charge in [-0.05, 0) is 30.2 Å². The Kier molecular flexibility index (Phi) is 5.08. The normalized spacial score (nSPS) is 12.0. The number of aliphatic hydroxyl groups excluding tert-OH is 1. The molecule has 0 spiro atoms. The molecule has 0 unspecified atom stereocenters. The van der Waals surface area contributed by atoms with Crippen molar-refractivity contribution in [1.82, 2.24) is 9.97 Å². The molecule has 4 nitrogen and oxygen atoms in total. The molecule has 1 aromatic heterocycles. The van der Waals surface area contributed by atoms with E-state index >= 15 is 0 Å². The van der Waals surface area contributed by atoms with Crippen molar-refractivity contribution in [2.24, 2.45) is 0 Å². The number of rotatable bonds is 5. The average molecular weight is 340 g/mol. The molecule has 0 aliphatic rings. The highest BCUT2D eigenvalue weighted by atomic mass is 35.5. The Morgan fingerprint density at radius 2 is 1.88 bits per heavy atom. The zero-order valence-electron chi connectivity index (χ0n) is 13.3. The number of nitrogens with zero attached hydrogens (tertiary/aromatic N) is 2. The van der Waals surface area contributed by atoms with Crippen molar-refractivity contribution in [2.75, 3.05) is 11.9 Å². The lowest BCUT2D eigenvalue weighted by Gasteiger charge is -2.13. The lowest BCUT2D eigenvalue weighted by molar-refractivity contribution is 0.191. The van der Waals surface area contributed by atoms with Crippen LogP contribution in [0.4, 0.5) is 5.82 Å². The standard InChI is InChI=1S/C19H18ClN3O/c1-13-9-15(7-8-16(13)20)17-10-19(23-12-22-17)21-11-18(24)14-5-3-2-4-6-14/h2-10,12,18,24H,11H2,1H3,(H,21,22,23)/t18-/m0/s1. The van der Waals surface area contributed by atoms with Crippen LogP contribution in [0, 0.1) is 6.92 Å². The first-order chi connectivity index (χ1) is 11.6. The van der Waals surface area contributed by atoms with Crippen molar-refractivity contribution >= 4 is 17.4 Å². The second-order valence-electron chi connectivity index (χ2n) is 5.56. The van der Waals surface area contributed by atoms with E-state index in [1.54, 1.807) is 0 Å². The second kappa shape index (κ2) is 7.43. The number of benzene rings is 2. The fourth-order valence-electron chi connectivity index (χ4n) is 2.41. The minimum atomic E-state index is -0.595. The monoisotopic (exact) mass is 339 g/mol. The van der Waals surface area contributed by atoms with Crippen molar-refractivity contribution in [3.05, 3.63) is 77.1 Å². The maximum atomic E-state index is 10.2. The summed E-state index contributed by atoms with van der Waals surface area (Å²) in [4.78, 5) is 8.52. The van der Waals surface area contributed by atoms with E-state index in [4.69, 9.17) is 11.6 Å². The van der Waals surface area contributed by atoms with Crippen LogP contribution in [0.3, 0.4) is 0 Å². The third-order valence-electron chi connectivity index (χ3n) is 3.78. The molecule has 0 saturated carbocycles. The molecule has 0 amide bonds. The minimum Gasteiger partial charge on any atom is -0.387 e. The fourth-order valence-corrected chi connectivity index (χ4v) is 2.53. The van der Waals surface area contributed by atoms with Gasteiger partial charge in [-0.15, -0.1) is 0 Å². The number of aromatic nitrogens is 2. The lowest BCUT2D eigenvalue weighted by atomic mass is 10.1. The van der Waals surface area contributed by atoms with Crippen molar-refractivity contribution in [2.45, 2.75) is 13.0 Å². The van der Waals surface area contributed by atoms with E-state index in [2.05, 4.69) is 15.3 Å². The summed E-state index contributed by atoms with van der Waals surface area (Å²) >= 11 is 6.07. The molecule has 122 valence electrons. The van der Waals surface area contributed by atoms with Gasteiger partial charge in [-0.25, -0.2) is 9.97 Å². The van der Waals surface area contributed by atoms with Crippen LogP contribution >= 0.6 is 11.6 Å². The molecule has 0 fully saturated rings. The molecule has 0 saturated heterocycles. The van der Waals surface area contributed by atoms with Crippen molar-refractivity contribution in [3.63, 3.8) is 0 Å². The summed E-state index contributed by atoms with van der Waals surface area (Å²) in [5, 5.41) is 14.1. The van der Waals surface area contributed by atoms with Gasteiger partial charge in [-0.3, -0.25) is 0 Å². The molecule has 24 heavy (non-hydrogen) atoms. The molecule has 0 bridgehead atoms. The van der Waals surface area contributed by atoms with E-state index in [1.165, 1.54) is 6.33 Å². The molecule has 3 aromatic rings. The predicted molar refractivity (Wildman–Crippen MR) is 97.1 cm³/mol. The van der Waals surface area contributed by atoms with E-state index in [1.807, 2.05) is 61.5 Å². The topological polar surface area (TPSA) is 58.0 Å². The third kappa shape index (κ3) is 3.91. The third-order valence-corrected chi connectivity index (χ3v) is 4.21. The molecule has 2 aromatic carbocycles. The van der Waals surface area contributed by atoms with Gasteiger partial charge < -0.3 is 10.4 Å². The molecule has 0 aliphatic carbocycles. The molecule has 2 N–H and O–H groups in total. The second-order valence-corrected chi connectivity index (χ2v) is 5.97. The van der Waals surface area contributed by atoms with E-state index in [9.17, 15) is 5.11 Å². The van der Waals surface area contributed by atoms with Crippen LogP contribution < -0.4 is 5.32 Å². The maximum Gasteiger partial charge on any atom is 0.130 e. The Bertz CT molecular complexity index is 824. The first kappa shape index (κ1) is 16.4. The van der Waals surface area contributed by atoms with Gasteiger partial charge in [0, 0.05) is 23.2 Å². The Labute approximate surface area is 146 Å². The first-order valence-corrected chi connectivity index (χ1v) is 8.07. The Morgan fingerprint density at radius 3 is 2.62 bits per heavy atom. The zero-order chi connectivity index (χ0) is 16.9.